The zero-order valence-corrected chi connectivity index (χ0v) is 9.31. The van der Waals surface area contributed by atoms with Crippen molar-refractivity contribution in [2.75, 3.05) is 7.05 Å². The van der Waals surface area contributed by atoms with Crippen molar-refractivity contribution in [3.05, 3.63) is 0 Å². The predicted molar refractivity (Wildman–Crippen MR) is 56.0 cm³/mol. The Morgan fingerprint density at radius 2 is 1.86 bits per heavy atom. The van der Waals surface area contributed by atoms with Gasteiger partial charge in [0.15, 0.2) is 0 Å². The Labute approximate surface area is 86.4 Å². The normalized spacial score (nSPS) is 55.3. The van der Waals surface area contributed by atoms with Gasteiger partial charge in [-0.25, -0.2) is 0 Å². The number of hydrogen-bond acceptors (Lipinski definition) is 2. The lowest BCUT2D eigenvalue weighted by molar-refractivity contribution is -0.284. The van der Waals surface area contributed by atoms with Crippen molar-refractivity contribution in [3.8, 4) is 0 Å². The first-order valence-corrected chi connectivity index (χ1v) is 6.08. The number of ether oxygens (including phenoxy) is 1. The van der Waals surface area contributed by atoms with E-state index in [9.17, 15) is 0 Å². The maximum absolute atomic E-state index is 6.39. The van der Waals surface area contributed by atoms with E-state index in [1.807, 2.05) is 0 Å². The second-order valence-corrected chi connectivity index (χ2v) is 5.67. The first-order chi connectivity index (χ1) is 6.69. The molecule has 14 heavy (non-hydrogen) atoms. The Morgan fingerprint density at radius 1 is 1.21 bits per heavy atom. The Kier molecular flexibility index (Phi) is 1.79. The van der Waals surface area contributed by atoms with Crippen molar-refractivity contribution >= 4 is 0 Å². The summed E-state index contributed by atoms with van der Waals surface area (Å²) in [7, 11) is 2.07. The highest BCUT2D eigenvalue weighted by atomic mass is 16.5. The van der Waals surface area contributed by atoms with Gasteiger partial charge in [0.1, 0.15) is 5.72 Å². The highest BCUT2D eigenvalue weighted by Crippen LogP contribution is 2.57. The average molecular weight is 195 g/mol. The van der Waals surface area contributed by atoms with Crippen LogP contribution in [0.1, 0.15) is 45.4 Å². The van der Waals surface area contributed by atoms with Crippen molar-refractivity contribution in [1.29, 1.82) is 0 Å². The lowest BCUT2D eigenvalue weighted by atomic mass is 9.59. The molecular weight excluding hydrogens is 174 g/mol. The Bertz CT molecular complexity index is 215. The van der Waals surface area contributed by atoms with Gasteiger partial charge in [0.25, 0.3) is 0 Å². The van der Waals surface area contributed by atoms with Crippen molar-refractivity contribution in [3.63, 3.8) is 0 Å². The molecule has 2 heteroatoms. The third-order valence-corrected chi connectivity index (χ3v) is 4.74. The molecule has 4 atom stereocenters. The van der Waals surface area contributed by atoms with Crippen LogP contribution < -0.4 is 5.32 Å². The number of hydrogen-bond donors (Lipinski definition) is 1. The maximum Gasteiger partial charge on any atom is 0.120 e. The van der Waals surface area contributed by atoms with Gasteiger partial charge >= 0.3 is 0 Å². The lowest BCUT2D eigenvalue weighted by Gasteiger charge is -2.61. The fourth-order valence-electron chi connectivity index (χ4n) is 4.30. The standard InChI is InChI=1S/C12H21NO/c1-3-11-5-9-4-10(6-11)8-12(7-9,13-2)14-11/h9-10,13H,3-8H2,1-2H3/t9-,10+,11+,12-. The molecule has 4 rings (SSSR count). The molecule has 0 aromatic carbocycles. The summed E-state index contributed by atoms with van der Waals surface area (Å²) >= 11 is 0. The van der Waals surface area contributed by atoms with E-state index in [4.69, 9.17) is 4.74 Å². The summed E-state index contributed by atoms with van der Waals surface area (Å²) < 4.78 is 6.39. The summed E-state index contributed by atoms with van der Waals surface area (Å²) in [5.41, 5.74) is 0.299. The van der Waals surface area contributed by atoms with Gasteiger partial charge in [0, 0.05) is 0 Å². The van der Waals surface area contributed by atoms with Gasteiger partial charge in [0.05, 0.1) is 5.60 Å². The first-order valence-electron chi connectivity index (χ1n) is 6.08. The highest BCUT2D eigenvalue weighted by molar-refractivity contribution is 5.06. The SMILES string of the molecule is CC[C@]12C[C@H]3C[C@@H](C1)C[C@@](NC)(C3)O2. The van der Waals surface area contributed by atoms with Crippen molar-refractivity contribution in [1.82, 2.24) is 5.32 Å². The molecule has 2 heterocycles. The Morgan fingerprint density at radius 3 is 2.36 bits per heavy atom. The molecule has 2 saturated carbocycles. The molecule has 2 nitrogen and oxygen atoms in total. The van der Waals surface area contributed by atoms with Gasteiger partial charge < -0.3 is 4.74 Å². The minimum Gasteiger partial charge on any atom is -0.354 e. The van der Waals surface area contributed by atoms with Crippen LogP contribution in [0.25, 0.3) is 0 Å². The van der Waals surface area contributed by atoms with Crippen LogP contribution in [0, 0.1) is 11.8 Å². The largest absolute Gasteiger partial charge is 0.354 e. The molecule has 0 aromatic rings. The zero-order valence-electron chi connectivity index (χ0n) is 9.31. The van der Waals surface area contributed by atoms with E-state index in [0.717, 1.165) is 11.8 Å². The average Bonchev–Trinajstić information content (AvgIpc) is 2.16. The molecule has 0 spiro atoms. The summed E-state index contributed by atoms with van der Waals surface area (Å²) in [4.78, 5) is 0. The van der Waals surface area contributed by atoms with Gasteiger partial charge in [0.2, 0.25) is 0 Å². The Hall–Kier alpha value is -0.0800. The van der Waals surface area contributed by atoms with Crippen molar-refractivity contribution < 1.29 is 4.74 Å². The van der Waals surface area contributed by atoms with E-state index < -0.39 is 0 Å². The lowest BCUT2D eigenvalue weighted by Crippen LogP contribution is -2.65. The van der Waals surface area contributed by atoms with E-state index in [0.29, 0.717) is 0 Å². The summed E-state index contributed by atoms with van der Waals surface area (Å²) in [6.45, 7) is 2.29. The van der Waals surface area contributed by atoms with Gasteiger partial charge in [-0.2, -0.15) is 0 Å². The molecule has 0 unspecified atom stereocenters. The molecule has 4 bridgehead atoms. The molecule has 4 fully saturated rings. The molecule has 0 radical (unpaired) electrons. The molecule has 2 saturated heterocycles. The van der Waals surface area contributed by atoms with E-state index in [1.54, 1.807) is 0 Å². The third kappa shape index (κ3) is 1.10. The van der Waals surface area contributed by atoms with Crippen LogP contribution in [0.15, 0.2) is 0 Å². The molecule has 0 amide bonds. The molecule has 2 aliphatic carbocycles. The van der Waals surface area contributed by atoms with Crippen LogP contribution in [-0.2, 0) is 4.74 Å². The summed E-state index contributed by atoms with van der Waals surface area (Å²) in [5.74, 6) is 1.87. The van der Waals surface area contributed by atoms with E-state index >= 15 is 0 Å². The number of rotatable bonds is 2. The topological polar surface area (TPSA) is 21.3 Å². The molecule has 4 aliphatic rings. The van der Waals surface area contributed by atoms with Crippen LogP contribution in [0.2, 0.25) is 0 Å². The van der Waals surface area contributed by atoms with Crippen LogP contribution in [0.3, 0.4) is 0 Å². The van der Waals surface area contributed by atoms with Gasteiger partial charge in [-0.15, -0.1) is 0 Å². The van der Waals surface area contributed by atoms with Crippen LogP contribution >= 0.6 is 0 Å². The molecular formula is C12H21NO. The maximum atomic E-state index is 6.39. The monoisotopic (exact) mass is 195 g/mol. The smallest absolute Gasteiger partial charge is 0.120 e. The van der Waals surface area contributed by atoms with E-state index in [2.05, 4.69) is 19.3 Å². The fraction of sp³-hybridized carbons (Fsp3) is 1.00. The minimum atomic E-state index is 0.0556. The van der Waals surface area contributed by atoms with Crippen LogP contribution in [0.5, 0.6) is 0 Å². The zero-order chi connectivity index (χ0) is 9.81. The highest BCUT2D eigenvalue weighted by Gasteiger charge is 2.57. The van der Waals surface area contributed by atoms with E-state index in [1.165, 1.54) is 38.5 Å². The second-order valence-electron chi connectivity index (χ2n) is 5.67. The van der Waals surface area contributed by atoms with Crippen molar-refractivity contribution in [2.24, 2.45) is 11.8 Å². The minimum absolute atomic E-state index is 0.0556. The molecule has 80 valence electrons. The third-order valence-electron chi connectivity index (χ3n) is 4.74. The van der Waals surface area contributed by atoms with Crippen LogP contribution in [-0.4, -0.2) is 18.4 Å². The van der Waals surface area contributed by atoms with Gasteiger partial charge in [-0.05, 0) is 57.4 Å². The molecule has 2 aliphatic heterocycles. The van der Waals surface area contributed by atoms with Crippen LogP contribution in [0.4, 0.5) is 0 Å². The molecule has 1 N–H and O–H groups in total. The van der Waals surface area contributed by atoms with E-state index in [-0.39, 0.29) is 11.3 Å². The molecule has 0 aromatic heterocycles. The quantitative estimate of drug-likeness (QED) is 0.730. The fourth-order valence-corrected chi connectivity index (χ4v) is 4.30. The number of nitrogens with one attached hydrogen (secondary N) is 1. The van der Waals surface area contributed by atoms with Crippen molar-refractivity contribution in [2.45, 2.75) is 56.8 Å². The first kappa shape index (κ1) is 9.17. The van der Waals surface area contributed by atoms with Gasteiger partial charge in [-0.1, -0.05) is 6.92 Å². The summed E-state index contributed by atoms with van der Waals surface area (Å²) in [5, 5.41) is 3.45. The Balaban J connectivity index is 1.94. The van der Waals surface area contributed by atoms with Gasteiger partial charge in [-0.3, -0.25) is 5.32 Å². The second kappa shape index (κ2) is 2.73. The predicted octanol–water partition coefficient (Wildman–Crippen LogP) is 2.29. The summed E-state index contributed by atoms with van der Waals surface area (Å²) in [6.07, 6.45) is 7.81. The summed E-state index contributed by atoms with van der Waals surface area (Å²) in [6, 6.07) is 0.